The summed E-state index contributed by atoms with van der Waals surface area (Å²) in [5, 5.41) is 3.14. The van der Waals surface area contributed by atoms with Crippen LogP contribution in [0.15, 0.2) is 36.4 Å². The van der Waals surface area contributed by atoms with E-state index in [4.69, 9.17) is 21.1 Å². The van der Waals surface area contributed by atoms with Crippen molar-refractivity contribution in [1.29, 1.82) is 0 Å². The average molecular weight is 352 g/mol. The van der Waals surface area contributed by atoms with Gasteiger partial charge in [0.25, 0.3) is 0 Å². The summed E-state index contributed by atoms with van der Waals surface area (Å²) in [4.78, 5) is 12.2. The van der Waals surface area contributed by atoms with Crippen molar-refractivity contribution in [1.82, 2.24) is 5.32 Å². The van der Waals surface area contributed by atoms with E-state index in [2.05, 4.69) is 5.32 Å². The first-order valence-corrected chi connectivity index (χ1v) is 7.77. The van der Waals surface area contributed by atoms with Crippen molar-refractivity contribution in [3.8, 4) is 11.5 Å². The van der Waals surface area contributed by atoms with Crippen LogP contribution in [0, 0.1) is 5.82 Å². The molecule has 6 heteroatoms. The third-order valence-electron chi connectivity index (χ3n) is 3.65. The van der Waals surface area contributed by atoms with Crippen LogP contribution in [0.4, 0.5) is 4.39 Å². The summed E-state index contributed by atoms with van der Waals surface area (Å²) < 4.78 is 24.3. The Bertz CT molecular complexity index is 736. The van der Waals surface area contributed by atoms with Gasteiger partial charge in [-0.2, -0.15) is 0 Å². The van der Waals surface area contributed by atoms with E-state index in [-0.39, 0.29) is 18.4 Å². The molecule has 2 aromatic carbocycles. The molecule has 1 unspecified atom stereocenters. The molecule has 24 heavy (non-hydrogen) atoms. The minimum absolute atomic E-state index is 0.0698. The van der Waals surface area contributed by atoms with Gasteiger partial charge in [0, 0.05) is 10.6 Å². The number of hydrogen-bond donors (Lipinski definition) is 1. The Labute approximate surface area is 145 Å². The molecule has 1 atom stereocenters. The SMILES string of the molecule is COc1ccc(OC)c(C(C)NC(=O)Cc2ccc(Cl)cc2F)c1. The Kier molecular flexibility index (Phi) is 6.04. The lowest BCUT2D eigenvalue weighted by Crippen LogP contribution is -2.28. The fourth-order valence-corrected chi connectivity index (χ4v) is 2.54. The minimum atomic E-state index is -0.496. The molecule has 2 rings (SSSR count). The molecule has 0 saturated heterocycles. The number of methoxy groups -OCH3 is 2. The lowest BCUT2D eigenvalue weighted by Gasteiger charge is -2.18. The number of carbonyl (C=O) groups excluding carboxylic acids is 1. The Balaban J connectivity index is 2.11. The summed E-state index contributed by atoms with van der Waals surface area (Å²) in [5.74, 6) is 0.509. The second kappa shape index (κ2) is 8.02. The molecule has 1 N–H and O–H groups in total. The van der Waals surface area contributed by atoms with Gasteiger partial charge in [0.15, 0.2) is 0 Å². The van der Waals surface area contributed by atoms with Gasteiger partial charge in [0.05, 0.1) is 26.7 Å². The van der Waals surface area contributed by atoms with Crippen LogP contribution in [0.2, 0.25) is 5.02 Å². The Hall–Kier alpha value is -2.27. The highest BCUT2D eigenvalue weighted by atomic mass is 35.5. The van der Waals surface area contributed by atoms with E-state index in [9.17, 15) is 9.18 Å². The fourth-order valence-electron chi connectivity index (χ4n) is 2.39. The van der Waals surface area contributed by atoms with Gasteiger partial charge in [0.2, 0.25) is 5.91 Å². The molecule has 0 heterocycles. The summed E-state index contributed by atoms with van der Waals surface area (Å²) in [6.45, 7) is 1.83. The first kappa shape index (κ1) is 18.1. The van der Waals surface area contributed by atoms with Crippen LogP contribution in [-0.2, 0) is 11.2 Å². The fraction of sp³-hybridized carbons (Fsp3) is 0.278. The third-order valence-corrected chi connectivity index (χ3v) is 3.88. The van der Waals surface area contributed by atoms with Gasteiger partial charge in [-0.3, -0.25) is 4.79 Å². The first-order chi connectivity index (χ1) is 11.4. The molecule has 0 aliphatic carbocycles. The Morgan fingerprint density at radius 1 is 1.21 bits per heavy atom. The van der Waals surface area contributed by atoms with Crippen LogP contribution in [-0.4, -0.2) is 20.1 Å². The highest BCUT2D eigenvalue weighted by molar-refractivity contribution is 6.30. The molecule has 0 fully saturated rings. The maximum atomic E-state index is 13.8. The van der Waals surface area contributed by atoms with Gasteiger partial charge in [-0.05, 0) is 42.8 Å². The zero-order valence-electron chi connectivity index (χ0n) is 13.7. The number of nitrogens with one attached hydrogen (secondary N) is 1. The zero-order valence-corrected chi connectivity index (χ0v) is 14.5. The largest absolute Gasteiger partial charge is 0.497 e. The van der Waals surface area contributed by atoms with Crippen LogP contribution < -0.4 is 14.8 Å². The molecule has 0 aliphatic rings. The third kappa shape index (κ3) is 4.38. The summed E-state index contributed by atoms with van der Waals surface area (Å²) >= 11 is 5.71. The van der Waals surface area contributed by atoms with Crippen molar-refractivity contribution in [3.63, 3.8) is 0 Å². The average Bonchev–Trinajstić information content (AvgIpc) is 2.56. The number of rotatable bonds is 6. The van der Waals surface area contributed by atoms with Crippen molar-refractivity contribution < 1.29 is 18.7 Å². The van der Waals surface area contributed by atoms with Gasteiger partial charge < -0.3 is 14.8 Å². The molecule has 0 aliphatic heterocycles. The number of halogens is 2. The minimum Gasteiger partial charge on any atom is -0.497 e. The summed E-state index contributed by atoms with van der Waals surface area (Å²) in [5.41, 5.74) is 1.07. The zero-order chi connectivity index (χ0) is 17.7. The topological polar surface area (TPSA) is 47.6 Å². The van der Waals surface area contributed by atoms with E-state index in [1.807, 2.05) is 6.92 Å². The van der Waals surface area contributed by atoms with Gasteiger partial charge >= 0.3 is 0 Å². The summed E-state index contributed by atoms with van der Waals surface area (Å²) in [7, 11) is 3.13. The van der Waals surface area contributed by atoms with Gasteiger partial charge in [0.1, 0.15) is 17.3 Å². The predicted octanol–water partition coefficient (Wildman–Crippen LogP) is 3.92. The lowest BCUT2D eigenvalue weighted by molar-refractivity contribution is -0.121. The number of ether oxygens (including phenoxy) is 2. The molecular formula is C18H19ClFNO3. The van der Waals surface area contributed by atoms with Gasteiger partial charge in [-0.1, -0.05) is 17.7 Å². The Morgan fingerprint density at radius 3 is 2.58 bits per heavy atom. The predicted molar refractivity (Wildman–Crippen MR) is 91.2 cm³/mol. The van der Waals surface area contributed by atoms with E-state index in [1.165, 1.54) is 12.1 Å². The van der Waals surface area contributed by atoms with Crippen molar-refractivity contribution >= 4 is 17.5 Å². The highest BCUT2D eigenvalue weighted by Crippen LogP contribution is 2.29. The summed E-state index contributed by atoms with van der Waals surface area (Å²) in [6, 6.07) is 9.29. The van der Waals surface area contributed by atoms with E-state index in [1.54, 1.807) is 38.5 Å². The molecule has 0 bridgehead atoms. The van der Waals surface area contributed by atoms with Crippen LogP contribution >= 0.6 is 11.6 Å². The molecule has 128 valence electrons. The summed E-state index contributed by atoms with van der Waals surface area (Å²) in [6.07, 6.45) is -0.0698. The van der Waals surface area contributed by atoms with Crippen molar-refractivity contribution in [2.45, 2.75) is 19.4 Å². The van der Waals surface area contributed by atoms with Crippen molar-refractivity contribution in [2.75, 3.05) is 14.2 Å². The number of amides is 1. The molecule has 0 saturated carbocycles. The molecular weight excluding hydrogens is 333 g/mol. The second-order valence-corrected chi connectivity index (χ2v) is 5.75. The van der Waals surface area contributed by atoms with Crippen LogP contribution in [0.5, 0.6) is 11.5 Å². The number of carbonyl (C=O) groups is 1. The van der Waals surface area contributed by atoms with E-state index >= 15 is 0 Å². The molecule has 4 nitrogen and oxygen atoms in total. The van der Waals surface area contributed by atoms with Crippen LogP contribution in [0.1, 0.15) is 24.1 Å². The quantitative estimate of drug-likeness (QED) is 0.858. The number of benzene rings is 2. The smallest absolute Gasteiger partial charge is 0.225 e. The molecule has 0 radical (unpaired) electrons. The van der Waals surface area contributed by atoms with E-state index < -0.39 is 5.82 Å². The van der Waals surface area contributed by atoms with Crippen molar-refractivity contribution in [2.24, 2.45) is 0 Å². The van der Waals surface area contributed by atoms with Crippen LogP contribution in [0.25, 0.3) is 0 Å². The lowest BCUT2D eigenvalue weighted by atomic mass is 10.1. The normalized spacial score (nSPS) is 11.7. The maximum absolute atomic E-state index is 13.8. The highest BCUT2D eigenvalue weighted by Gasteiger charge is 2.16. The van der Waals surface area contributed by atoms with E-state index in [0.29, 0.717) is 22.1 Å². The van der Waals surface area contributed by atoms with Crippen LogP contribution in [0.3, 0.4) is 0 Å². The second-order valence-electron chi connectivity index (χ2n) is 5.31. The number of hydrogen-bond acceptors (Lipinski definition) is 3. The van der Waals surface area contributed by atoms with Crippen molar-refractivity contribution in [3.05, 3.63) is 58.4 Å². The molecule has 0 aromatic heterocycles. The Morgan fingerprint density at radius 2 is 1.96 bits per heavy atom. The van der Waals surface area contributed by atoms with Gasteiger partial charge in [-0.25, -0.2) is 4.39 Å². The monoisotopic (exact) mass is 351 g/mol. The first-order valence-electron chi connectivity index (χ1n) is 7.39. The van der Waals surface area contributed by atoms with E-state index in [0.717, 1.165) is 5.56 Å². The maximum Gasteiger partial charge on any atom is 0.225 e. The molecule has 2 aromatic rings. The molecule has 1 amide bonds. The standard InChI is InChI=1S/C18H19ClFNO3/c1-11(15-10-14(23-2)6-7-17(15)24-3)21-18(22)8-12-4-5-13(19)9-16(12)20/h4-7,9-11H,8H2,1-3H3,(H,21,22). The molecule has 0 spiro atoms. The van der Waals surface area contributed by atoms with Gasteiger partial charge in [-0.15, -0.1) is 0 Å².